The molecule has 1 aliphatic heterocycles. The van der Waals surface area contributed by atoms with Gasteiger partial charge in [0.2, 0.25) is 15.9 Å². The first-order valence-electron chi connectivity index (χ1n) is 11.0. The van der Waals surface area contributed by atoms with Crippen LogP contribution in [0.2, 0.25) is 0 Å². The van der Waals surface area contributed by atoms with Gasteiger partial charge in [-0.3, -0.25) is 9.59 Å². The summed E-state index contributed by atoms with van der Waals surface area (Å²) in [5, 5.41) is 12.9. The van der Waals surface area contributed by atoms with Gasteiger partial charge in [0.25, 0.3) is 5.91 Å². The first kappa shape index (κ1) is 24.7. The molecule has 9 heteroatoms. The van der Waals surface area contributed by atoms with Crippen molar-refractivity contribution < 1.29 is 23.1 Å². The molecule has 0 spiro atoms. The Bertz CT molecular complexity index is 1140. The monoisotopic (exact) mass is 473 g/mol. The Morgan fingerprint density at radius 2 is 1.64 bits per heavy atom. The Morgan fingerprint density at radius 3 is 2.24 bits per heavy atom. The number of hydrogen-bond acceptors (Lipinski definition) is 5. The Kier molecular flexibility index (Phi) is 7.44. The molecule has 1 aliphatic rings. The molecule has 0 radical (unpaired) electrons. The van der Waals surface area contributed by atoms with Crippen molar-refractivity contribution in [1.29, 1.82) is 0 Å². The van der Waals surface area contributed by atoms with E-state index in [0.717, 1.165) is 11.1 Å². The molecule has 1 fully saturated rings. The standard InChI is InChI=1S/C24H31N3O5S/c1-16(2)22(25-23(29)19-8-6-5-7-18(19)4)24(30)26-11-13-27(14-12-26)33(31,32)21-15-17(3)9-10-20(21)28/h5-10,15-16,22,28H,11-14H2,1-4H3,(H,25,29). The number of aromatic hydroxyl groups is 1. The zero-order valence-corrected chi connectivity index (χ0v) is 20.2. The zero-order chi connectivity index (χ0) is 24.3. The summed E-state index contributed by atoms with van der Waals surface area (Å²) in [6, 6.07) is 10.9. The van der Waals surface area contributed by atoms with E-state index < -0.39 is 16.1 Å². The highest BCUT2D eigenvalue weighted by Crippen LogP contribution is 2.27. The number of sulfonamides is 1. The number of nitrogens with one attached hydrogen (secondary N) is 1. The van der Waals surface area contributed by atoms with Gasteiger partial charge in [0.15, 0.2) is 0 Å². The average molecular weight is 474 g/mol. The maximum absolute atomic E-state index is 13.2. The summed E-state index contributed by atoms with van der Waals surface area (Å²) >= 11 is 0. The summed E-state index contributed by atoms with van der Waals surface area (Å²) in [5.41, 5.74) is 2.07. The molecule has 178 valence electrons. The van der Waals surface area contributed by atoms with Crippen molar-refractivity contribution >= 4 is 21.8 Å². The molecule has 2 N–H and O–H groups in total. The van der Waals surface area contributed by atoms with Gasteiger partial charge in [-0.05, 0) is 49.1 Å². The number of aryl methyl sites for hydroxylation is 2. The number of carbonyl (C=O) groups excluding carboxylic acids is 2. The Morgan fingerprint density at radius 1 is 1.00 bits per heavy atom. The Hall–Kier alpha value is -2.91. The van der Waals surface area contributed by atoms with E-state index in [1.165, 1.54) is 16.4 Å². The molecule has 1 atom stereocenters. The summed E-state index contributed by atoms with van der Waals surface area (Å²) in [6.07, 6.45) is 0. The minimum Gasteiger partial charge on any atom is -0.507 e. The summed E-state index contributed by atoms with van der Waals surface area (Å²) in [7, 11) is -3.89. The van der Waals surface area contributed by atoms with Gasteiger partial charge in [-0.25, -0.2) is 8.42 Å². The molecule has 0 aliphatic carbocycles. The second-order valence-electron chi connectivity index (χ2n) is 8.71. The molecular formula is C24H31N3O5S. The number of piperazine rings is 1. The van der Waals surface area contributed by atoms with Gasteiger partial charge in [0.05, 0.1) is 0 Å². The van der Waals surface area contributed by atoms with E-state index in [-0.39, 0.29) is 54.6 Å². The lowest BCUT2D eigenvalue weighted by Gasteiger charge is -2.36. The maximum Gasteiger partial charge on any atom is 0.252 e. The fourth-order valence-electron chi connectivity index (χ4n) is 3.87. The normalized spacial score (nSPS) is 16.0. The lowest BCUT2D eigenvalue weighted by atomic mass is 10.0. The number of phenolic OH excluding ortho intramolecular Hbond substituents is 1. The van der Waals surface area contributed by atoms with Crippen molar-refractivity contribution in [2.24, 2.45) is 5.92 Å². The topological polar surface area (TPSA) is 107 Å². The summed E-state index contributed by atoms with van der Waals surface area (Å²) in [5.74, 6) is -0.979. The highest BCUT2D eigenvalue weighted by Gasteiger charge is 2.35. The average Bonchev–Trinajstić information content (AvgIpc) is 2.78. The largest absolute Gasteiger partial charge is 0.507 e. The minimum absolute atomic E-state index is 0.109. The van der Waals surface area contributed by atoms with E-state index in [4.69, 9.17) is 0 Å². The number of benzene rings is 2. The van der Waals surface area contributed by atoms with Crippen LogP contribution in [0.1, 0.15) is 35.3 Å². The molecule has 2 aromatic rings. The van der Waals surface area contributed by atoms with Gasteiger partial charge < -0.3 is 15.3 Å². The Balaban J connectivity index is 1.69. The zero-order valence-electron chi connectivity index (χ0n) is 19.4. The molecule has 2 aromatic carbocycles. The molecule has 0 aromatic heterocycles. The summed E-state index contributed by atoms with van der Waals surface area (Å²) in [4.78, 5) is 27.5. The van der Waals surface area contributed by atoms with E-state index >= 15 is 0 Å². The van der Waals surface area contributed by atoms with Gasteiger partial charge in [-0.2, -0.15) is 4.31 Å². The summed E-state index contributed by atoms with van der Waals surface area (Å²) in [6.45, 7) is 7.95. The molecule has 1 heterocycles. The smallest absolute Gasteiger partial charge is 0.252 e. The van der Waals surface area contributed by atoms with Crippen LogP contribution in [-0.2, 0) is 14.8 Å². The van der Waals surface area contributed by atoms with Crippen molar-refractivity contribution in [1.82, 2.24) is 14.5 Å². The first-order valence-corrected chi connectivity index (χ1v) is 12.4. The predicted octanol–water partition coefficient (Wildman–Crippen LogP) is 2.30. The van der Waals surface area contributed by atoms with Crippen molar-refractivity contribution in [2.45, 2.75) is 38.6 Å². The van der Waals surface area contributed by atoms with Gasteiger partial charge >= 0.3 is 0 Å². The Labute approximate surface area is 195 Å². The van der Waals surface area contributed by atoms with Crippen molar-refractivity contribution in [3.05, 3.63) is 59.2 Å². The second kappa shape index (κ2) is 9.93. The van der Waals surface area contributed by atoms with Crippen LogP contribution in [-0.4, -0.2) is 66.8 Å². The number of hydrogen-bond donors (Lipinski definition) is 2. The maximum atomic E-state index is 13.2. The minimum atomic E-state index is -3.89. The number of rotatable bonds is 6. The second-order valence-corrected chi connectivity index (χ2v) is 10.6. The molecule has 1 saturated heterocycles. The molecule has 0 saturated carbocycles. The van der Waals surface area contributed by atoms with Crippen LogP contribution in [0.3, 0.4) is 0 Å². The third-order valence-corrected chi connectivity index (χ3v) is 7.82. The number of carbonyl (C=O) groups is 2. The van der Waals surface area contributed by atoms with Gasteiger partial charge in [0, 0.05) is 31.7 Å². The third kappa shape index (κ3) is 5.36. The number of amides is 2. The number of nitrogens with zero attached hydrogens (tertiary/aromatic N) is 2. The molecule has 3 rings (SSSR count). The lowest BCUT2D eigenvalue weighted by Crippen LogP contribution is -2.57. The van der Waals surface area contributed by atoms with E-state index in [2.05, 4.69) is 5.32 Å². The summed E-state index contributed by atoms with van der Waals surface area (Å²) < 4.78 is 27.3. The molecule has 8 nitrogen and oxygen atoms in total. The fourth-order valence-corrected chi connectivity index (χ4v) is 5.46. The lowest BCUT2D eigenvalue weighted by molar-refractivity contribution is -0.135. The van der Waals surface area contributed by atoms with E-state index in [9.17, 15) is 23.1 Å². The van der Waals surface area contributed by atoms with Crippen molar-refractivity contribution in [3.63, 3.8) is 0 Å². The van der Waals surface area contributed by atoms with Crippen LogP contribution in [0.5, 0.6) is 5.75 Å². The molecule has 33 heavy (non-hydrogen) atoms. The van der Waals surface area contributed by atoms with Gasteiger partial charge in [0.1, 0.15) is 16.7 Å². The van der Waals surface area contributed by atoms with Crippen LogP contribution >= 0.6 is 0 Å². The van der Waals surface area contributed by atoms with Gasteiger partial charge in [-0.1, -0.05) is 38.1 Å². The fraction of sp³-hybridized carbons (Fsp3) is 0.417. The van der Waals surface area contributed by atoms with Crippen LogP contribution in [0, 0.1) is 19.8 Å². The van der Waals surface area contributed by atoms with Crippen molar-refractivity contribution in [2.75, 3.05) is 26.2 Å². The SMILES string of the molecule is Cc1ccc(O)c(S(=O)(=O)N2CCN(C(=O)C(NC(=O)c3ccccc3C)C(C)C)CC2)c1. The quantitative estimate of drug-likeness (QED) is 0.670. The highest BCUT2D eigenvalue weighted by atomic mass is 32.2. The molecular weight excluding hydrogens is 442 g/mol. The molecule has 0 bridgehead atoms. The molecule has 2 amide bonds. The van der Waals surface area contributed by atoms with Gasteiger partial charge in [-0.15, -0.1) is 0 Å². The number of phenols is 1. The van der Waals surface area contributed by atoms with Crippen LogP contribution < -0.4 is 5.32 Å². The van der Waals surface area contributed by atoms with Crippen molar-refractivity contribution in [3.8, 4) is 5.75 Å². The van der Waals surface area contributed by atoms with Crippen LogP contribution in [0.15, 0.2) is 47.4 Å². The van der Waals surface area contributed by atoms with E-state index in [1.54, 1.807) is 30.0 Å². The first-order chi connectivity index (χ1) is 15.5. The highest BCUT2D eigenvalue weighted by molar-refractivity contribution is 7.89. The van der Waals surface area contributed by atoms with Crippen LogP contribution in [0.4, 0.5) is 0 Å². The van der Waals surface area contributed by atoms with E-state index in [1.807, 2.05) is 32.9 Å². The van der Waals surface area contributed by atoms with Crippen LogP contribution in [0.25, 0.3) is 0 Å². The third-order valence-electron chi connectivity index (χ3n) is 5.89. The van der Waals surface area contributed by atoms with E-state index in [0.29, 0.717) is 5.56 Å². The molecule has 1 unspecified atom stereocenters. The predicted molar refractivity (Wildman–Crippen MR) is 125 cm³/mol.